The summed E-state index contributed by atoms with van der Waals surface area (Å²) in [7, 11) is -3.21. The fourth-order valence-electron chi connectivity index (χ4n) is 1.27. The third kappa shape index (κ3) is 2.58. The van der Waals surface area contributed by atoms with Crippen LogP contribution in [0.15, 0.2) is 23.0 Å². The minimum atomic E-state index is -3.21. The highest BCUT2D eigenvalue weighted by atomic mass is 32.2. The van der Waals surface area contributed by atoms with E-state index in [1.165, 1.54) is 12.5 Å². The number of hydrogen-bond acceptors (Lipinski definition) is 4. The van der Waals surface area contributed by atoms with Crippen LogP contribution < -0.4 is 4.72 Å². The highest BCUT2D eigenvalue weighted by molar-refractivity contribution is 7.90. The Morgan fingerprint density at radius 3 is 2.87 bits per heavy atom. The summed E-state index contributed by atoms with van der Waals surface area (Å²) in [5.41, 5.74) is 0.577. The number of sulfonamides is 1. The van der Waals surface area contributed by atoms with Crippen LogP contribution in [0.3, 0.4) is 0 Å². The normalized spacial score (nSPS) is 19.0. The zero-order chi connectivity index (χ0) is 10.9. The molecule has 15 heavy (non-hydrogen) atoms. The molecule has 1 saturated carbocycles. The molecule has 2 N–H and O–H groups in total. The van der Waals surface area contributed by atoms with Gasteiger partial charge in [0.2, 0.25) is 10.0 Å². The monoisotopic (exact) mass is 231 g/mol. The Labute approximate surface area is 88.1 Å². The summed E-state index contributed by atoms with van der Waals surface area (Å²) in [6.07, 6.45) is 3.43. The Hall–Kier alpha value is -0.850. The average molecular weight is 231 g/mol. The smallest absolute Gasteiger partial charge is 0.214 e. The molecule has 1 aliphatic rings. The molecule has 1 fully saturated rings. The van der Waals surface area contributed by atoms with Crippen LogP contribution in [0, 0.1) is 0 Å². The topological polar surface area (TPSA) is 79.5 Å². The van der Waals surface area contributed by atoms with Crippen molar-refractivity contribution in [1.29, 1.82) is 0 Å². The molecule has 0 unspecified atom stereocenters. The van der Waals surface area contributed by atoms with Gasteiger partial charge in [0, 0.05) is 12.1 Å². The van der Waals surface area contributed by atoms with Gasteiger partial charge in [0.25, 0.3) is 0 Å². The maximum absolute atomic E-state index is 11.4. The van der Waals surface area contributed by atoms with Gasteiger partial charge in [-0.25, -0.2) is 13.1 Å². The number of hydrogen-bond donors (Lipinski definition) is 2. The lowest BCUT2D eigenvalue weighted by Crippen LogP contribution is -2.31. The number of aliphatic hydroxyl groups is 1. The number of nitrogens with one attached hydrogen (secondary N) is 1. The van der Waals surface area contributed by atoms with Crippen molar-refractivity contribution in [1.82, 2.24) is 4.72 Å². The SMILES string of the molecule is O=S(=O)(NC[C@H](O)c1ccoc1)C1CC1. The van der Waals surface area contributed by atoms with E-state index in [1.54, 1.807) is 6.07 Å². The maximum atomic E-state index is 11.4. The first kappa shape index (κ1) is 10.7. The van der Waals surface area contributed by atoms with Gasteiger partial charge in [0.15, 0.2) is 0 Å². The van der Waals surface area contributed by atoms with Crippen LogP contribution in [0.1, 0.15) is 24.5 Å². The van der Waals surface area contributed by atoms with E-state index in [9.17, 15) is 13.5 Å². The number of aliphatic hydroxyl groups excluding tert-OH is 1. The van der Waals surface area contributed by atoms with Gasteiger partial charge in [-0.1, -0.05) is 0 Å². The Morgan fingerprint density at radius 2 is 2.33 bits per heavy atom. The Kier molecular flexibility index (Phi) is 2.81. The fraction of sp³-hybridized carbons (Fsp3) is 0.556. The van der Waals surface area contributed by atoms with Crippen molar-refractivity contribution < 1.29 is 17.9 Å². The predicted molar refractivity (Wildman–Crippen MR) is 53.6 cm³/mol. The predicted octanol–water partition coefficient (Wildman–Crippen LogP) is 0.395. The lowest BCUT2D eigenvalue weighted by Gasteiger charge is -2.09. The van der Waals surface area contributed by atoms with Crippen LogP contribution in [0.4, 0.5) is 0 Å². The zero-order valence-corrected chi connectivity index (χ0v) is 8.90. The molecule has 0 aromatic carbocycles. The fourth-order valence-corrected chi connectivity index (χ4v) is 2.66. The van der Waals surface area contributed by atoms with Crippen LogP contribution >= 0.6 is 0 Å². The molecule has 6 heteroatoms. The molecule has 0 aliphatic heterocycles. The summed E-state index contributed by atoms with van der Waals surface area (Å²) >= 11 is 0. The lowest BCUT2D eigenvalue weighted by molar-refractivity contribution is 0.181. The second kappa shape index (κ2) is 3.96. The maximum Gasteiger partial charge on any atom is 0.214 e. The molecule has 5 nitrogen and oxygen atoms in total. The molecule has 0 radical (unpaired) electrons. The van der Waals surface area contributed by atoms with E-state index in [0.29, 0.717) is 5.56 Å². The van der Waals surface area contributed by atoms with E-state index in [0.717, 1.165) is 12.8 Å². The van der Waals surface area contributed by atoms with Gasteiger partial charge in [-0.2, -0.15) is 0 Å². The van der Waals surface area contributed by atoms with Crippen LogP contribution in [0.5, 0.6) is 0 Å². The van der Waals surface area contributed by atoms with Crippen molar-refractivity contribution in [3.05, 3.63) is 24.2 Å². The molecule has 0 amide bonds. The quantitative estimate of drug-likeness (QED) is 0.768. The van der Waals surface area contributed by atoms with Gasteiger partial charge in [-0.05, 0) is 18.9 Å². The van der Waals surface area contributed by atoms with Crippen LogP contribution in [0.2, 0.25) is 0 Å². The van der Waals surface area contributed by atoms with Crippen molar-refractivity contribution in [2.45, 2.75) is 24.2 Å². The molecular formula is C9H13NO4S. The zero-order valence-electron chi connectivity index (χ0n) is 8.09. The molecule has 1 aliphatic carbocycles. The van der Waals surface area contributed by atoms with E-state index in [2.05, 4.69) is 4.72 Å². The summed E-state index contributed by atoms with van der Waals surface area (Å²) in [4.78, 5) is 0. The molecule has 1 aromatic heterocycles. The summed E-state index contributed by atoms with van der Waals surface area (Å²) in [5.74, 6) is 0. The lowest BCUT2D eigenvalue weighted by atomic mass is 10.2. The highest BCUT2D eigenvalue weighted by Crippen LogP contribution is 2.27. The van der Waals surface area contributed by atoms with E-state index in [4.69, 9.17) is 4.42 Å². The van der Waals surface area contributed by atoms with Gasteiger partial charge in [-0.3, -0.25) is 0 Å². The first-order chi connectivity index (χ1) is 7.09. The van der Waals surface area contributed by atoms with Gasteiger partial charge >= 0.3 is 0 Å². The molecule has 1 atom stereocenters. The van der Waals surface area contributed by atoms with Crippen molar-refractivity contribution in [3.8, 4) is 0 Å². The Bertz CT molecular complexity index is 407. The number of rotatable bonds is 5. The van der Waals surface area contributed by atoms with Gasteiger partial charge in [-0.15, -0.1) is 0 Å². The van der Waals surface area contributed by atoms with Gasteiger partial charge < -0.3 is 9.52 Å². The summed E-state index contributed by atoms with van der Waals surface area (Å²) < 4.78 is 30.0. The van der Waals surface area contributed by atoms with Crippen LogP contribution in [0.25, 0.3) is 0 Å². The van der Waals surface area contributed by atoms with Gasteiger partial charge in [0.05, 0.1) is 23.9 Å². The first-order valence-corrected chi connectivity index (χ1v) is 6.33. The molecule has 0 spiro atoms. The van der Waals surface area contributed by atoms with E-state index >= 15 is 0 Å². The third-order valence-electron chi connectivity index (χ3n) is 2.37. The minimum absolute atomic E-state index is 0.00162. The van der Waals surface area contributed by atoms with Crippen molar-refractivity contribution >= 4 is 10.0 Å². The molecule has 0 saturated heterocycles. The number of furan rings is 1. The molecule has 0 bridgehead atoms. The Balaban J connectivity index is 1.88. The molecule has 2 rings (SSSR count). The van der Waals surface area contributed by atoms with E-state index in [1.807, 2.05) is 0 Å². The van der Waals surface area contributed by atoms with Crippen LogP contribution in [-0.4, -0.2) is 25.3 Å². The largest absolute Gasteiger partial charge is 0.472 e. The second-order valence-electron chi connectivity index (χ2n) is 3.67. The highest BCUT2D eigenvalue weighted by Gasteiger charge is 2.35. The average Bonchev–Trinajstić information content (AvgIpc) is 2.92. The first-order valence-electron chi connectivity index (χ1n) is 4.78. The summed E-state index contributed by atoms with van der Waals surface area (Å²) in [6.45, 7) is -0.00162. The molecule has 1 aromatic rings. The third-order valence-corrected chi connectivity index (χ3v) is 4.29. The van der Waals surface area contributed by atoms with Crippen molar-refractivity contribution in [2.75, 3.05) is 6.54 Å². The Morgan fingerprint density at radius 1 is 1.60 bits per heavy atom. The van der Waals surface area contributed by atoms with Crippen LogP contribution in [-0.2, 0) is 10.0 Å². The second-order valence-corrected chi connectivity index (χ2v) is 5.71. The molecule has 84 valence electrons. The summed E-state index contributed by atoms with van der Waals surface area (Å²) in [5, 5.41) is 9.33. The van der Waals surface area contributed by atoms with Crippen molar-refractivity contribution in [2.24, 2.45) is 0 Å². The molecule has 1 heterocycles. The standard InChI is InChI=1S/C9H13NO4S/c11-9(7-3-4-14-6-7)5-10-15(12,13)8-1-2-8/h3-4,6,8-11H,1-2,5H2/t9-/m0/s1. The van der Waals surface area contributed by atoms with Crippen molar-refractivity contribution in [3.63, 3.8) is 0 Å². The van der Waals surface area contributed by atoms with E-state index in [-0.39, 0.29) is 11.8 Å². The van der Waals surface area contributed by atoms with Gasteiger partial charge in [0.1, 0.15) is 0 Å². The summed E-state index contributed by atoms with van der Waals surface area (Å²) in [6, 6.07) is 1.61. The molecular weight excluding hydrogens is 218 g/mol. The minimum Gasteiger partial charge on any atom is -0.472 e. The van der Waals surface area contributed by atoms with E-state index < -0.39 is 16.1 Å².